The summed E-state index contributed by atoms with van der Waals surface area (Å²) in [5.41, 5.74) is 0. The molecular weight excluding hydrogens is 216 g/mol. The van der Waals surface area contributed by atoms with Crippen LogP contribution in [-0.2, 0) is 9.68 Å². The maximum Gasteiger partial charge on any atom is 0.330 e. The van der Waals surface area contributed by atoms with Gasteiger partial charge in [-0.25, -0.2) is 9.97 Å². The third kappa shape index (κ3) is 1.37. The van der Waals surface area contributed by atoms with Gasteiger partial charge in [-0.15, -0.1) is 10.2 Å². The van der Waals surface area contributed by atoms with Gasteiger partial charge in [-0.1, -0.05) is 0 Å². The number of nitrogens with zero attached hydrogens (tertiary/aromatic N) is 6. The van der Waals surface area contributed by atoms with Crippen molar-refractivity contribution in [3.8, 4) is 0 Å². The molecule has 0 saturated heterocycles. The average Bonchev–Trinajstić information content (AvgIpc) is 3.03. The predicted octanol–water partition coefficient (Wildman–Crippen LogP) is -1.01. The molecule has 0 aromatic carbocycles. The number of aromatic nitrogens is 6. The van der Waals surface area contributed by atoms with E-state index in [9.17, 15) is 0 Å². The zero-order chi connectivity index (χ0) is 10.8. The number of nitrogens with one attached hydrogen (secondary N) is 2. The maximum atomic E-state index is 4.93. The summed E-state index contributed by atoms with van der Waals surface area (Å²) in [6.07, 6.45) is 2.77. The summed E-state index contributed by atoms with van der Waals surface area (Å²) in [6.45, 7) is 0. The second-order valence-electron chi connectivity index (χ2n) is 2.62. The van der Waals surface area contributed by atoms with Gasteiger partial charge in [0.1, 0.15) is 12.7 Å². The summed E-state index contributed by atoms with van der Waals surface area (Å²) in [6, 6.07) is 0. The zero-order valence-corrected chi connectivity index (χ0v) is 7.65. The van der Waals surface area contributed by atoms with E-state index in [1.807, 2.05) is 0 Å². The van der Waals surface area contributed by atoms with Crippen molar-refractivity contribution in [2.75, 3.05) is 0 Å². The lowest BCUT2D eigenvalue weighted by atomic mass is 10.6. The van der Waals surface area contributed by atoms with E-state index in [0.29, 0.717) is 0 Å². The normalized spacial score (nSPS) is 14.8. The number of rotatable bonds is 2. The Hall–Kier alpha value is -2.78. The Kier molecular flexibility index (Phi) is 1.82. The summed E-state index contributed by atoms with van der Waals surface area (Å²) < 4.78 is 0. The minimum absolute atomic E-state index is 0.0561. The first-order valence-electron chi connectivity index (χ1n) is 4.16. The van der Waals surface area contributed by atoms with Crippen LogP contribution < -0.4 is 0 Å². The third-order valence-electron chi connectivity index (χ3n) is 1.64. The molecule has 0 saturated carbocycles. The molecule has 0 spiro atoms. The fraction of sp³-hybridized carbons (Fsp3) is 0. The van der Waals surface area contributed by atoms with Crippen LogP contribution in [0.2, 0.25) is 0 Å². The molecule has 2 N–H and O–H groups in total. The van der Waals surface area contributed by atoms with E-state index in [1.54, 1.807) is 0 Å². The van der Waals surface area contributed by atoms with E-state index in [4.69, 9.17) is 9.68 Å². The fourth-order valence-electron chi connectivity index (χ4n) is 0.990. The van der Waals surface area contributed by atoms with Crippen LogP contribution in [0.5, 0.6) is 0 Å². The van der Waals surface area contributed by atoms with Crippen molar-refractivity contribution in [3.63, 3.8) is 0 Å². The van der Waals surface area contributed by atoms with Gasteiger partial charge >= 0.3 is 11.8 Å². The van der Waals surface area contributed by atoms with Gasteiger partial charge < -0.3 is 9.68 Å². The van der Waals surface area contributed by atoms with Crippen LogP contribution >= 0.6 is 0 Å². The van der Waals surface area contributed by atoms with Crippen LogP contribution in [0.3, 0.4) is 0 Å². The highest BCUT2D eigenvalue weighted by Crippen LogP contribution is 2.05. The molecule has 2 aromatic heterocycles. The Morgan fingerprint density at radius 2 is 1.31 bits per heavy atom. The summed E-state index contributed by atoms with van der Waals surface area (Å²) in [4.78, 5) is 17.5. The Morgan fingerprint density at radius 3 is 1.62 bits per heavy atom. The van der Waals surface area contributed by atoms with E-state index < -0.39 is 0 Å². The van der Waals surface area contributed by atoms with Crippen molar-refractivity contribution in [1.29, 1.82) is 0 Å². The van der Waals surface area contributed by atoms with Gasteiger partial charge in [-0.05, 0) is 10.3 Å². The largest absolute Gasteiger partial charge is 0.330 e. The van der Waals surface area contributed by atoms with Crippen LogP contribution in [0.4, 0.5) is 0 Å². The van der Waals surface area contributed by atoms with Crippen molar-refractivity contribution in [2.24, 2.45) is 10.3 Å². The zero-order valence-electron chi connectivity index (χ0n) is 7.65. The van der Waals surface area contributed by atoms with Crippen LogP contribution in [0.1, 0.15) is 11.6 Å². The second kappa shape index (κ2) is 3.42. The molecule has 0 aliphatic carbocycles. The molecule has 10 heteroatoms. The van der Waals surface area contributed by atoms with Gasteiger partial charge in [0.2, 0.25) is 11.6 Å². The predicted molar refractivity (Wildman–Crippen MR) is 48.0 cm³/mol. The smallest absolute Gasteiger partial charge is 0.325 e. The van der Waals surface area contributed by atoms with E-state index >= 15 is 0 Å². The molecular formula is C6H4N8O2. The van der Waals surface area contributed by atoms with Crippen LogP contribution in [0, 0.1) is 0 Å². The molecule has 80 valence electrons. The van der Waals surface area contributed by atoms with E-state index in [1.165, 1.54) is 12.7 Å². The average molecular weight is 220 g/mol. The van der Waals surface area contributed by atoms with Crippen molar-refractivity contribution >= 4 is 11.8 Å². The molecule has 0 fully saturated rings. The van der Waals surface area contributed by atoms with E-state index in [0.717, 1.165) is 0 Å². The van der Waals surface area contributed by atoms with E-state index in [-0.39, 0.29) is 23.4 Å². The number of hydrogen-bond acceptors (Lipinski definition) is 8. The lowest BCUT2D eigenvalue weighted by Crippen LogP contribution is -2.17. The highest BCUT2D eigenvalue weighted by molar-refractivity contribution is 5.96. The minimum Gasteiger partial charge on any atom is -0.325 e. The lowest BCUT2D eigenvalue weighted by Gasteiger charge is -2.06. The second-order valence-corrected chi connectivity index (χ2v) is 2.62. The van der Waals surface area contributed by atoms with E-state index in [2.05, 4.69) is 40.7 Å². The molecule has 1 aliphatic heterocycles. The standard InChI is InChI=1S/C6H4N8O2/c1-7-3(11-9-1)5-13-16-6(14-15-5)4-8-2-10-12-4/h1-2H,(H,7,9,11)(H,8,10,12). The van der Waals surface area contributed by atoms with Crippen LogP contribution in [-0.4, -0.2) is 42.2 Å². The Bertz CT molecular complexity index is 477. The molecule has 0 bridgehead atoms. The van der Waals surface area contributed by atoms with Crippen molar-refractivity contribution in [1.82, 2.24) is 30.4 Å². The number of oxime groups is 2. The van der Waals surface area contributed by atoms with Gasteiger partial charge in [0.25, 0.3) is 0 Å². The Morgan fingerprint density at radius 1 is 0.812 bits per heavy atom. The Labute approximate surface area is 87.4 Å². The van der Waals surface area contributed by atoms with Crippen molar-refractivity contribution in [2.45, 2.75) is 0 Å². The highest BCUT2D eigenvalue weighted by atomic mass is 16.7. The van der Waals surface area contributed by atoms with Gasteiger partial charge in [-0.2, -0.15) is 0 Å². The first kappa shape index (κ1) is 8.52. The van der Waals surface area contributed by atoms with Crippen molar-refractivity contribution < 1.29 is 9.68 Å². The lowest BCUT2D eigenvalue weighted by molar-refractivity contribution is 0.216. The molecule has 3 rings (SSSR count). The summed E-state index contributed by atoms with van der Waals surface area (Å²) in [5, 5.41) is 19.8. The number of aromatic amines is 2. The molecule has 3 heterocycles. The SMILES string of the molecule is c1nc(C2=NOC(c3nc[nH]n3)=NO2)n[nH]1. The van der Waals surface area contributed by atoms with Gasteiger partial charge in [0, 0.05) is 0 Å². The fourth-order valence-corrected chi connectivity index (χ4v) is 0.990. The number of H-pyrrole nitrogens is 2. The molecule has 1 aliphatic rings. The van der Waals surface area contributed by atoms with Gasteiger partial charge in [0.05, 0.1) is 0 Å². The first-order chi connectivity index (χ1) is 7.93. The maximum absolute atomic E-state index is 4.93. The molecule has 0 atom stereocenters. The van der Waals surface area contributed by atoms with Crippen molar-refractivity contribution in [3.05, 3.63) is 24.3 Å². The summed E-state index contributed by atoms with van der Waals surface area (Å²) in [5.74, 6) is 0.608. The van der Waals surface area contributed by atoms with Gasteiger partial charge in [-0.3, -0.25) is 10.2 Å². The monoisotopic (exact) mass is 220 g/mol. The molecule has 0 unspecified atom stereocenters. The molecule has 2 aromatic rings. The van der Waals surface area contributed by atoms with Crippen LogP contribution in [0.25, 0.3) is 0 Å². The third-order valence-corrected chi connectivity index (χ3v) is 1.64. The first-order valence-corrected chi connectivity index (χ1v) is 4.16. The minimum atomic E-state index is 0.0561. The highest BCUT2D eigenvalue weighted by Gasteiger charge is 2.20. The molecule has 0 amide bonds. The molecule has 0 radical (unpaired) electrons. The molecule has 10 nitrogen and oxygen atoms in total. The molecule has 16 heavy (non-hydrogen) atoms. The quantitative estimate of drug-likeness (QED) is 0.667. The van der Waals surface area contributed by atoms with Gasteiger partial charge in [0.15, 0.2) is 0 Å². The number of hydrogen-bond donors (Lipinski definition) is 2. The Balaban J connectivity index is 1.79. The summed E-state index contributed by atoms with van der Waals surface area (Å²) >= 11 is 0. The topological polar surface area (TPSA) is 126 Å². The van der Waals surface area contributed by atoms with Crippen LogP contribution in [0.15, 0.2) is 23.0 Å². The summed E-state index contributed by atoms with van der Waals surface area (Å²) in [7, 11) is 0.